The van der Waals surface area contributed by atoms with Gasteiger partial charge in [0.15, 0.2) is 0 Å². The molecule has 0 unspecified atom stereocenters. The normalized spacial score (nSPS) is 20.2. The summed E-state index contributed by atoms with van der Waals surface area (Å²) in [5, 5.41) is 4.96. The molecule has 2 nitrogen and oxygen atoms in total. The Morgan fingerprint density at radius 2 is 1.76 bits per heavy atom. The lowest BCUT2D eigenvalue weighted by atomic mass is 9.79. The molecule has 2 heteroatoms. The van der Waals surface area contributed by atoms with Crippen molar-refractivity contribution < 1.29 is 0 Å². The van der Waals surface area contributed by atoms with Crippen LogP contribution < -0.4 is 5.32 Å². The van der Waals surface area contributed by atoms with Gasteiger partial charge in [-0.3, -0.25) is 4.98 Å². The van der Waals surface area contributed by atoms with Gasteiger partial charge in [-0.25, -0.2) is 0 Å². The molecule has 0 spiro atoms. The van der Waals surface area contributed by atoms with Crippen LogP contribution in [0.5, 0.6) is 0 Å². The molecule has 4 rings (SSSR count). The molecule has 1 saturated carbocycles. The average Bonchev–Trinajstić information content (AvgIpc) is 2.78. The highest BCUT2D eigenvalue weighted by atomic mass is 14.9. The molecule has 2 aliphatic rings. The molecule has 21 heavy (non-hydrogen) atoms. The van der Waals surface area contributed by atoms with Crippen molar-refractivity contribution in [1.82, 2.24) is 10.3 Å². The summed E-state index contributed by atoms with van der Waals surface area (Å²) in [6.07, 6.45) is 9.19. The lowest BCUT2D eigenvalue weighted by molar-refractivity contribution is 0.443. The second-order valence-electron chi connectivity index (χ2n) is 6.55. The molecule has 1 aromatic heterocycles. The Hall–Kier alpha value is -1.41. The van der Waals surface area contributed by atoms with E-state index in [0.717, 1.165) is 31.8 Å². The van der Waals surface area contributed by atoms with Crippen molar-refractivity contribution in [1.29, 1.82) is 0 Å². The van der Waals surface area contributed by atoms with Crippen molar-refractivity contribution in [3.63, 3.8) is 0 Å². The number of benzene rings is 1. The van der Waals surface area contributed by atoms with Gasteiger partial charge in [0.25, 0.3) is 0 Å². The van der Waals surface area contributed by atoms with Gasteiger partial charge in [0.2, 0.25) is 0 Å². The van der Waals surface area contributed by atoms with Crippen LogP contribution in [0.2, 0.25) is 0 Å². The molecule has 2 aromatic rings. The van der Waals surface area contributed by atoms with Crippen molar-refractivity contribution >= 4 is 10.9 Å². The Bertz CT molecular complexity index is 641. The minimum Gasteiger partial charge on any atom is -0.316 e. The number of nitrogens with zero attached hydrogens (tertiary/aromatic N) is 1. The van der Waals surface area contributed by atoms with Gasteiger partial charge in [0.1, 0.15) is 0 Å². The zero-order valence-electron chi connectivity index (χ0n) is 12.7. The van der Waals surface area contributed by atoms with Gasteiger partial charge in [-0.15, -0.1) is 0 Å². The molecule has 0 radical (unpaired) electrons. The maximum absolute atomic E-state index is 4.99. The highest BCUT2D eigenvalue weighted by Gasteiger charge is 2.24. The first-order valence-electron chi connectivity index (χ1n) is 8.54. The number of para-hydroxylation sites is 1. The number of pyridine rings is 1. The number of rotatable bonds is 1. The van der Waals surface area contributed by atoms with E-state index >= 15 is 0 Å². The van der Waals surface area contributed by atoms with Crippen LogP contribution >= 0.6 is 0 Å². The molecule has 1 N–H and O–H groups in total. The quantitative estimate of drug-likeness (QED) is 0.855. The predicted octanol–water partition coefficient (Wildman–Crippen LogP) is 3.97. The molecule has 1 aliphatic heterocycles. The van der Waals surface area contributed by atoms with E-state index in [1.807, 2.05) is 0 Å². The highest BCUT2D eigenvalue weighted by Crippen LogP contribution is 2.39. The summed E-state index contributed by atoms with van der Waals surface area (Å²) in [7, 11) is 0. The van der Waals surface area contributed by atoms with Crippen LogP contribution in [0.1, 0.15) is 54.8 Å². The van der Waals surface area contributed by atoms with Crippen LogP contribution in [0.4, 0.5) is 0 Å². The molecule has 0 atom stereocenters. The lowest BCUT2D eigenvalue weighted by Crippen LogP contribution is -2.16. The fourth-order valence-electron chi connectivity index (χ4n) is 4.22. The Labute approximate surface area is 127 Å². The third-order valence-corrected chi connectivity index (χ3v) is 5.23. The van der Waals surface area contributed by atoms with Crippen molar-refractivity contribution in [2.45, 2.75) is 50.9 Å². The SMILES string of the molecule is c1ccc2c(C3CCCCC3)c3c(nc2c1)CCNCC3. The van der Waals surface area contributed by atoms with Gasteiger partial charge in [-0.2, -0.15) is 0 Å². The van der Waals surface area contributed by atoms with Gasteiger partial charge in [0.05, 0.1) is 5.52 Å². The predicted molar refractivity (Wildman–Crippen MR) is 87.8 cm³/mol. The Kier molecular flexibility index (Phi) is 3.64. The smallest absolute Gasteiger partial charge is 0.0708 e. The minimum atomic E-state index is 0.762. The summed E-state index contributed by atoms with van der Waals surface area (Å²) in [5.41, 5.74) is 5.79. The van der Waals surface area contributed by atoms with E-state index in [1.54, 1.807) is 11.1 Å². The second-order valence-corrected chi connectivity index (χ2v) is 6.55. The fourth-order valence-corrected chi connectivity index (χ4v) is 4.22. The van der Waals surface area contributed by atoms with E-state index in [4.69, 9.17) is 4.98 Å². The van der Waals surface area contributed by atoms with Crippen LogP contribution in [0.15, 0.2) is 24.3 Å². The largest absolute Gasteiger partial charge is 0.316 e. The number of nitrogens with one attached hydrogen (secondary N) is 1. The van der Waals surface area contributed by atoms with E-state index in [2.05, 4.69) is 29.6 Å². The highest BCUT2D eigenvalue weighted by molar-refractivity contribution is 5.84. The van der Waals surface area contributed by atoms with Gasteiger partial charge >= 0.3 is 0 Å². The molecule has 110 valence electrons. The molecular formula is C19H24N2. The van der Waals surface area contributed by atoms with E-state index in [0.29, 0.717) is 0 Å². The fraction of sp³-hybridized carbons (Fsp3) is 0.526. The molecule has 1 aliphatic carbocycles. The zero-order chi connectivity index (χ0) is 14.1. The summed E-state index contributed by atoms with van der Waals surface area (Å²) in [4.78, 5) is 4.99. The van der Waals surface area contributed by atoms with Crippen LogP contribution in [0, 0.1) is 0 Å². The molecule has 0 amide bonds. The van der Waals surface area contributed by atoms with Crippen molar-refractivity contribution in [2.75, 3.05) is 13.1 Å². The molecule has 1 fully saturated rings. The number of hydrogen-bond acceptors (Lipinski definition) is 2. The topological polar surface area (TPSA) is 24.9 Å². The third-order valence-electron chi connectivity index (χ3n) is 5.23. The van der Waals surface area contributed by atoms with E-state index in [-0.39, 0.29) is 0 Å². The van der Waals surface area contributed by atoms with Crippen LogP contribution in [-0.2, 0) is 12.8 Å². The van der Waals surface area contributed by atoms with E-state index < -0.39 is 0 Å². The number of hydrogen-bond donors (Lipinski definition) is 1. The number of aromatic nitrogens is 1. The summed E-state index contributed by atoms with van der Waals surface area (Å²) in [6, 6.07) is 8.80. The monoisotopic (exact) mass is 280 g/mol. The van der Waals surface area contributed by atoms with Crippen LogP contribution in [0.25, 0.3) is 10.9 Å². The van der Waals surface area contributed by atoms with Gasteiger partial charge < -0.3 is 5.32 Å². The minimum absolute atomic E-state index is 0.762. The van der Waals surface area contributed by atoms with Gasteiger partial charge in [-0.05, 0) is 48.9 Å². The molecule has 0 saturated heterocycles. The zero-order valence-corrected chi connectivity index (χ0v) is 12.7. The first kappa shape index (κ1) is 13.3. The van der Waals surface area contributed by atoms with Crippen LogP contribution in [0.3, 0.4) is 0 Å². The Balaban J connectivity index is 1.93. The number of fused-ring (bicyclic) bond motifs is 2. The molecule has 0 bridgehead atoms. The molecule has 2 heterocycles. The van der Waals surface area contributed by atoms with Crippen molar-refractivity contribution in [3.05, 3.63) is 41.1 Å². The van der Waals surface area contributed by atoms with Crippen molar-refractivity contribution in [3.8, 4) is 0 Å². The summed E-state index contributed by atoms with van der Waals surface area (Å²) in [6.45, 7) is 2.18. The van der Waals surface area contributed by atoms with Gasteiger partial charge in [-0.1, -0.05) is 37.5 Å². The maximum atomic E-state index is 4.99. The van der Waals surface area contributed by atoms with Crippen molar-refractivity contribution in [2.24, 2.45) is 0 Å². The lowest BCUT2D eigenvalue weighted by Gasteiger charge is -2.26. The summed E-state index contributed by atoms with van der Waals surface area (Å²) in [5.74, 6) is 0.762. The summed E-state index contributed by atoms with van der Waals surface area (Å²) < 4.78 is 0. The van der Waals surface area contributed by atoms with Crippen LogP contribution in [-0.4, -0.2) is 18.1 Å². The van der Waals surface area contributed by atoms with E-state index in [9.17, 15) is 0 Å². The standard InChI is InChI=1S/C19H24N2/c1-2-6-14(7-3-1)19-15-8-4-5-9-17(15)21-18-11-13-20-12-10-16(18)19/h4-5,8-9,14,20H,1-3,6-7,10-13H2. The molecule has 1 aromatic carbocycles. The summed E-state index contributed by atoms with van der Waals surface area (Å²) >= 11 is 0. The second kappa shape index (κ2) is 5.76. The Morgan fingerprint density at radius 1 is 0.952 bits per heavy atom. The molecular weight excluding hydrogens is 256 g/mol. The maximum Gasteiger partial charge on any atom is 0.0708 e. The van der Waals surface area contributed by atoms with E-state index in [1.165, 1.54) is 48.7 Å². The first-order chi connectivity index (χ1) is 10.4. The van der Waals surface area contributed by atoms with Gasteiger partial charge in [0, 0.05) is 24.0 Å². The first-order valence-corrected chi connectivity index (χ1v) is 8.54. The Morgan fingerprint density at radius 3 is 2.67 bits per heavy atom. The average molecular weight is 280 g/mol. The third kappa shape index (κ3) is 2.46.